The Morgan fingerprint density at radius 2 is 1.89 bits per heavy atom. The third-order valence-corrected chi connectivity index (χ3v) is 2.65. The van der Waals surface area contributed by atoms with Crippen LogP contribution in [0.5, 0.6) is 0 Å². The van der Waals surface area contributed by atoms with E-state index in [-0.39, 0.29) is 19.6 Å². The largest absolute Gasteiger partial charge is 0.373 e. The van der Waals surface area contributed by atoms with Crippen LogP contribution in [0.25, 0.3) is 0 Å². The SMILES string of the molecule is CNc1ccc(Cl)c(CN(CC(N)=O)CC(N)=O)n1. The van der Waals surface area contributed by atoms with Crippen molar-refractivity contribution < 1.29 is 9.59 Å². The van der Waals surface area contributed by atoms with Gasteiger partial charge in [0.25, 0.3) is 0 Å². The van der Waals surface area contributed by atoms with Gasteiger partial charge in [-0.1, -0.05) is 11.6 Å². The van der Waals surface area contributed by atoms with Crippen molar-refractivity contribution in [2.45, 2.75) is 6.54 Å². The molecule has 2 amide bonds. The van der Waals surface area contributed by atoms with Gasteiger partial charge in [-0.2, -0.15) is 0 Å². The summed E-state index contributed by atoms with van der Waals surface area (Å²) < 4.78 is 0. The van der Waals surface area contributed by atoms with Gasteiger partial charge in [-0.25, -0.2) is 4.98 Å². The molecule has 104 valence electrons. The first-order valence-electron chi connectivity index (χ1n) is 5.54. The number of nitrogens with two attached hydrogens (primary N) is 2. The van der Waals surface area contributed by atoms with Gasteiger partial charge in [0.05, 0.1) is 23.8 Å². The van der Waals surface area contributed by atoms with Gasteiger partial charge in [0.15, 0.2) is 0 Å². The minimum Gasteiger partial charge on any atom is -0.373 e. The summed E-state index contributed by atoms with van der Waals surface area (Å²) >= 11 is 6.02. The van der Waals surface area contributed by atoms with Gasteiger partial charge in [0.2, 0.25) is 11.8 Å². The Balaban J connectivity index is 2.88. The maximum absolute atomic E-state index is 11.0. The summed E-state index contributed by atoms with van der Waals surface area (Å²) in [5.74, 6) is -0.471. The first-order chi connectivity index (χ1) is 8.92. The zero-order valence-corrected chi connectivity index (χ0v) is 11.3. The molecule has 0 aliphatic heterocycles. The number of halogens is 1. The molecule has 1 aromatic heterocycles. The summed E-state index contributed by atoms with van der Waals surface area (Å²) in [7, 11) is 1.73. The molecule has 0 aliphatic rings. The Kier molecular flexibility index (Phi) is 5.53. The number of hydrogen-bond acceptors (Lipinski definition) is 5. The molecular weight excluding hydrogens is 270 g/mol. The number of carbonyl (C=O) groups is 2. The fourth-order valence-corrected chi connectivity index (χ4v) is 1.72. The average Bonchev–Trinajstić information content (AvgIpc) is 2.30. The van der Waals surface area contributed by atoms with Crippen LogP contribution in [0.15, 0.2) is 12.1 Å². The van der Waals surface area contributed by atoms with E-state index in [4.69, 9.17) is 23.1 Å². The Labute approximate surface area is 115 Å². The number of hydrogen-bond donors (Lipinski definition) is 3. The molecule has 0 radical (unpaired) electrons. The minimum absolute atomic E-state index is 0.0925. The first kappa shape index (κ1) is 15.2. The Hall–Kier alpha value is -1.86. The molecule has 7 nitrogen and oxygen atoms in total. The predicted octanol–water partition coefficient (Wildman–Crippen LogP) is -0.451. The van der Waals surface area contributed by atoms with Crippen LogP contribution in [0.4, 0.5) is 5.82 Å². The van der Waals surface area contributed by atoms with E-state index in [1.165, 1.54) is 4.90 Å². The van der Waals surface area contributed by atoms with Crippen LogP contribution in [0.1, 0.15) is 5.69 Å². The van der Waals surface area contributed by atoms with Crippen molar-refractivity contribution in [3.05, 3.63) is 22.8 Å². The fraction of sp³-hybridized carbons (Fsp3) is 0.364. The van der Waals surface area contributed by atoms with Crippen molar-refractivity contribution in [2.24, 2.45) is 11.5 Å². The first-order valence-corrected chi connectivity index (χ1v) is 5.92. The highest BCUT2D eigenvalue weighted by Crippen LogP contribution is 2.18. The van der Waals surface area contributed by atoms with Gasteiger partial charge >= 0.3 is 0 Å². The van der Waals surface area contributed by atoms with Crippen LogP contribution in [-0.4, -0.2) is 41.8 Å². The molecule has 0 atom stereocenters. The van der Waals surface area contributed by atoms with Gasteiger partial charge in [0, 0.05) is 13.6 Å². The molecule has 0 aromatic carbocycles. The second kappa shape index (κ2) is 6.91. The van der Waals surface area contributed by atoms with Gasteiger partial charge in [0.1, 0.15) is 5.82 Å². The van der Waals surface area contributed by atoms with Gasteiger partial charge in [-0.05, 0) is 12.1 Å². The van der Waals surface area contributed by atoms with Gasteiger partial charge in [-0.15, -0.1) is 0 Å². The Morgan fingerprint density at radius 1 is 1.32 bits per heavy atom. The maximum Gasteiger partial charge on any atom is 0.231 e. The van der Waals surface area contributed by atoms with Crippen LogP contribution in [0.2, 0.25) is 5.02 Å². The van der Waals surface area contributed by atoms with Crippen LogP contribution >= 0.6 is 11.6 Å². The molecule has 0 spiro atoms. The third kappa shape index (κ3) is 5.11. The minimum atomic E-state index is -0.554. The van der Waals surface area contributed by atoms with E-state index in [2.05, 4.69) is 10.3 Å². The molecule has 0 aliphatic carbocycles. The number of primary amides is 2. The number of amides is 2. The van der Waals surface area contributed by atoms with Crippen LogP contribution in [0.3, 0.4) is 0 Å². The van der Waals surface area contributed by atoms with E-state index >= 15 is 0 Å². The molecule has 1 heterocycles. The average molecular weight is 286 g/mol. The smallest absolute Gasteiger partial charge is 0.231 e. The van der Waals surface area contributed by atoms with E-state index in [0.29, 0.717) is 16.5 Å². The number of anilines is 1. The van der Waals surface area contributed by atoms with Crippen LogP contribution in [0, 0.1) is 0 Å². The number of rotatable bonds is 7. The van der Waals surface area contributed by atoms with E-state index in [1.54, 1.807) is 19.2 Å². The van der Waals surface area contributed by atoms with E-state index in [0.717, 1.165) is 0 Å². The summed E-state index contributed by atoms with van der Waals surface area (Å²) in [4.78, 5) is 27.6. The molecule has 8 heteroatoms. The van der Waals surface area contributed by atoms with E-state index in [1.807, 2.05) is 0 Å². The van der Waals surface area contributed by atoms with Crippen LogP contribution < -0.4 is 16.8 Å². The highest BCUT2D eigenvalue weighted by Gasteiger charge is 2.14. The lowest BCUT2D eigenvalue weighted by molar-refractivity contribution is -0.122. The summed E-state index contributed by atoms with van der Waals surface area (Å²) in [6, 6.07) is 3.40. The van der Waals surface area contributed by atoms with E-state index < -0.39 is 11.8 Å². The van der Waals surface area contributed by atoms with Crippen molar-refractivity contribution >= 4 is 29.2 Å². The number of nitrogens with zero attached hydrogens (tertiary/aromatic N) is 2. The highest BCUT2D eigenvalue weighted by atomic mass is 35.5. The van der Waals surface area contributed by atoms with Crippen molar-refractivity contribution in [3.63, 3.8) is 0 Å². The number of aromatic nitrogens is 1. The summed E-state index contributed by atoms with van der Waals surface area (Å²) in [5.41, 5.74) is 10.8. The lowest BCUT2D eigenvalue weighted by Crippen LogP contribution is -2.39. The van der Waals surface area contributed by atoms with Gasteiger partial charge in [-0.3, -0.25) is 14.5 Å². The summed E-state index contributed by atoms with van der Waals surface area (Å²) in [6.07, 6.45) is 0. The number of nitrogens with one attached hydrogen (secondary N) is 1. The molecule has 1 rings (SSSR count). The Morgan fingerprint density at radius 3 is 2.37 bits per heavy atom. The monoisotopic (exact) mass is 285 g/mol. The molecule has 5 N–H and O–H groups in total. The second-order valence-corrected chi connectivity index (χ2v) is 4.36. The zero-order valence-electron chi connectivity index (χ0n) is 10.5. The molecular formula is C11H16ClN5O2. The molecule has 0 bridgehead atoms. The third-order valence-electron chi connectivity index (χ3n) is 2.31. The van der Waals surface area contributed by atoms with Crippen molar-refractivity contribution in [3.8, 4) is 0 Å². The molecule has 0 saturated carbocycles. The van der Waals surface area contributed by atoms with Gasteiger partial charge < -0.3 is 16.8 Å². The highest BCUT2D eigenvalue weighted by molar-refractivity contribution is 6.31. The molecule has 0 fully saturated rings. The maximum atomic E-state index is 11.0. The summed E-state index contributed by atoms with van der Waals surface area (Å²) in [5, 5.41) is 3.32. The van der Waals surface area contributed by atoms with Crippen molar-refractivity contribution in [2.75, 3.05) is 25.5 Å². The topological polar surface area (TPSA) is 114 Å². The van der Waals surface area contributed by atoms with E-state index in [9.17, 15) is 9.59 Å². The fourth-order valence-electron chi connectivity index (χ4n) is 1.55. The lowest BCUT2D eigenvalue weighted by atomic mass is 10.3. The second-order valence-electron chi connectivity index (χ2n) is 3.95. The summed E-state index contributed by atoms with van der Waals surface area (Å²) in [6.45, 7) is 0.0235. The normalized spacial score (nSPS) is 10.5. The molecule has 1 aromatic rings. The number of pyridine rings is 1. The zero-order chi connectivity index (χ0) is 14.4. The Bertz CT molecular complexity index is 464. The quantitative estimate of drug-likeness (QED) is 0.628. The standard InChI is InChI=1S/C11H16ClN5O2/c1-15-11-3-2-7(12)8(16-11)4-17(5-9(13)18)6-10(14)19/h2-3H,4-6H2,1H3,(H2,13,18)(H2,14,19)(H,15,16). The van der Waals surface area contributed by atoms with Crippen molar-refractivity contribution in [1.29, 1.82) is 0 Å². The molecule has 19 heavy (non-hydrogen) atoms. The molecule has 0 saturated heterocycles. The van der Waals surface area contributed by atoms with Crippen molar-refractivity contribution in [1.82, 2.24) is 9.88 Å². The number of carbonyl (C=O) groups excluding carboxylic acids is 2. The van der Waals surface area contributed by atoms with Crippen LogP contribution in [-0.2, 0) is 16.1 Å². The molecule has 0 unspecified atom stereocenters. The lowest BCUT2D eigenvalue weighted by Gasteiger charge is -2.19. The predicted molar refractivity (Wildman–Crippen MR) is 72.5 cm³/mol.